The van der Waals surface area contributed by atoms with Gasteiger partial charge in [-0.1, -0.05) is 44.9 Å². The molecular formula is C39H67Cl2MnN7O6. The first-order chi connectivity index (χ1) is 27.0. The van der Waals surface area contributed by atoms with Crippen LogP contribution in [0.2, 0.25) is 0 Å². The summed E-state index contributed by atoms with van der Waals surface area (Å²) in [6.07, 6.45) is 14.4. The van der Waals surface area contributed by atoms with E-state index >= 15 is 0 Å². The maximum atomic E-state index is 14.5. The molecule has 1 aromatic rings. The van der Waals surface area contributed by atoms with Gasteiger partial charge in [0, 0.05) is 77.7 Å². The van der Waals surface area contributed by atoms with Crippen LogP contribution in [-0.4, -0.2) is 121 Å². The number of nitrogens with zero attached hydrogens (tertiary/aromatic N) is 1. The Balaban J connectivity index is 0.00000217. The van der Waals surface area contributed by atoms with Crippen LogP contribution in [0.1, 0.15) is 127 Å². The fourth-order valence-electron chi connectivity index (χ4n) is 8.62. The molecule has 2 amide bonds. The number of carbonyl (C=O) groups excluding carboxylic acids is 2. The van der Waals surface area contributed by atoms with Crippen molar-refractivity contribution in [1.29, 1.82) is 0 Å². The fraction of sp³-hybridized carbons (Fsp3) is 0.821. The van der Waals surface area contributed by atoms with E-state index in [2.05, 4.69) is 31.9 Å². The van der Waals surface area contributed by atoms with Gasteiger partial charge in [-0.05, 0) is 50.0 Å². The molecule has 315 valence electrons. The SMILES string of the molecule is COCCOCCNC(=O)c1c2nc(c(C(=O)NCCOCCOC)c1C1CCCCC1)CN[C@@H]1CCCC[C@H]1NCCN[C@@H]1CCCC[C@H]1NC2.[Cl][Mn][Cl]. The van der Waals surface area contributed by atoms with Crippen LogP contribution < -0.4 is 31.9 Å². The number of halogens is 2. The summed E-state index contributed by atoms with van der Waals surface area (Å²) in [6.45, 7) is 6.15. The summed E-state index contributed by atoms with van der Waals surface area (Å²) in [5.74, 6) is -0.296. The van der Waals surface area contributed by atoms with Crippen molar-refractivity contribution < 1.29 is 41.7 Å². The van der Waals surface area contributed by atoms with Gasteiger partial charge in [0.2, 0.25) is 0 Å². The zero-order valence-electron chi connectivity index (χ0n) is 33.1. The second-order valence-electron chi connectivity index (χ2n) is 14.9. The summed E-state index contributed by atoms with van der Waals surface area (Å²) in [5, 5.41) is 21.7. The first-order valence-electron chi connectivity index (χ1n) is 20.6. The molecule has 0 spiro atoms. The van der Waals surface area contributed by atoms with Gasteiger partial charge in [-0.2, -0.15) is 0 Å². The molecule has 5 rings (SSSR count). The van der Waals surface area contributed by atoms with Crippen molar-refractivity contribution in [2.75, 3.05) is 80.0 Å². The molecule has 55 heavy (non-hydrogen) atoms. The van der Waals surface area contributed by atoms with Crippen LogP contribution in [0, 0.1) is 0 Å². The molecule has 1 aliphatic heterocycles. The van der Waals surface area contributed by atoms with Crippen molar-refractivity contribution in [3.8, 4) is 0 Å². The van der Waals surface area contributed by atoms with E-state index in [1.807, 2.05) is 0 Å². The van der Waals surface area contributed by atoms with Crippen molar-refractivity contribution >= 4 is 32.0 Å². The van der Waals surface area contributed by atoms with Crippen LogP contribution in [0.3, 0.4) is 0 Å². The number of nitrogens with one attached hydrogen (secondary N) is 6. The van der Waals surface area contributed by atoms with Crippen molar-refractivity contribution in [1.82, 2.24) is 36.9 Å². The Labute approximate surface area is 343 Å². The van der Waals surface area contributed by atoms with Crippen LogP contribution in [0.15, 0.2) is 0 Å². The molecule has 3 fully saturated rings. The molecule has 2 bridgehead atoms. The zero-order chi connectivity index (χ0) is 39.1. The monoisotopic (exact) mass is 854 g/mol. The van der Waals surface area contributed by atoms with Gasteiger partial charge < -0.3 is 50.8 Å². The number of hydrogen-bond acceptors (Lipinski definition) is 11. The van der Waals surface area contributed by atoms with Gasteiger partial charge in [-0.3, -0.25) is 14.6 Å². The summed E-state index contributed by atoms with van der Waals surface area (Å²) in [4.78, 5) is 34.3. The summed E-state index contributed by atoms with van der Waals surface area (Å²) in [5.41, 5.74) is 3.44. The van der Waals surface area contributed by atoms with E-state index in [1.165, 1.54) is 25.7 Å². The Hall–Kier alpha value is -1.13. The van der Waals surface area contributed by atoms with E-state index in [0.717, 1.165) is 87.8 Å². The molecule has 0 unspecified atom stereocenters. The number of fused-ring (bicyclic) bond motifs is 4. The minimum absolute atomic E-state index is 0.00694. The summed E-state index contributed by atoms with van der Waals surface area (Å²) >= 11 is 0.00694. The molecule has 0 saturated heterocycles. The molecule has 3 aliphatic carbocycles. The average molecular weight is 856 g/mol. The number of hydrogen-bond donors (Lipinski definition) is 6. The van der Waals surface area contributed by atoms with Crippen LogP contribution in [0.4, 0.5) is 0 Å². The second kappa shape index (κ2) is 27.5. The number of methoxy groups -OCH3 is 2. The van der Waals surface area contributed by atoms with Crippen LogP contribution in [-0.2, 0) is 45.2 Å². The van der Waals surface area contributed by atoms with Crippen LogP contribution >= 0.6 is 20.2 Å². The van der Waals surface area contributed by atoms with Gasteiger partial charge >= 0.3 is 33.3 Å². The quantitative estimate of drug-likeness (QED) is 0.111. The number of aromatic nitrogens is 1. The Morgan fingerprint density at radius 3 is 1.44 bits per heavy atom. The summed E-state index contributed by atoms with van der Waals surface area (Å²) in [7, 11) is 12.9. The maximum absolute atomic E-state index is 14.5. The topological polar surface area (TPSA) is 156 Å². The van der Waals surface area contributed by atoms with Gasteiger partial charge in [0.05, 0.1) is 62.2 Å². The number of rotatable bonds is 15. The standard InChI is InChI=1S/C39H67N7O6.2ClH.Mn/c1-49-22-24-51-20-18-42-38(47)36-33-26-44-31-14-8-6-12-29(31)40-16-17-41-30-13-7-9-15-32(30)45-27-34(46-33)37(35(36)28-10-4-3-5-11-28)39(48)43-19-21-52-25-23-50-2;;;/h28-32,40-41,44-45H,3-27H2,1-2H3,(H,42,47)(H,43,48);2*1H;/q;;;+2/p-2/t29-,30-,31-,32-;;;/m1.../s1. The molecule has 0 aromatic carbocycles. The normalized spacial score (nSPS) is 23.9. The van der Waals surface area contributed by atoms with E-state index in [-0.39, 0.29) is 42.9 Å². The molecule has 16 heteroatoms. The van der Waals surface area contributed by atoms with E-state index < -0.39 is 0 Å². The van der Waals surface area contributed by atoms with Gasteiger partial charge in [0.1, 0.15) is 0 Å². The third-order valence-electron chi connectivity index (χ3n) is 11.3. The van der Waals surface area contributed by atoms with Gasteiger partial charge in [0.15, 0.2) is 0 Å². The van der Waals surface area contributed by atoms with E-state index in [9.17, 15) is 9.59 Å². The van der Waals surface area contributed by atoms with Crippen molar-refractivity contribution in [3.05, 3.63) is 28.1 Å². The van der Waals surface area contributed by atoms with Crippen LogP contribution in [0.5, 0.6) is 0 Å². The Bertz CT molecular complexity index is 1190. The van der Waals surface area contributed by atoms with E-state index in [0.29, 0.717) is 89.0 Å². The van der Waals surface area contributed by atoms with Crippen molar-refractivity contribution in [2.24, 2.45) is 0 Å². The number of pyridine rings is 1. The van der Waals surface area contributed by atoms with E-state index in [1.54, 1.807) is 14.2 Å². The molecule has 2 heterocycles. The second-order valence-corrected chi connectivity index (χ2v) is 16.9. The Morgan fingerprint density at radius 2 is 1.02 bits per heavy atom. The minimum atomic E-state index is -0.190. The van der Waals surface area contributed by atoms with Crippen molar-refractivity contribution in [2.45, 2.75) is 127 Å². The third kappa shape index (κ3) is 15.5. The average Bonchev–Trinajstić information content (AvgIpc) is 3.21. The molecule has 4 atom stereocenters. The molecule has 13 nitrogen and oxygen atoms in total. The molecule has 6 N–H and O–H groups in total. The predicted octanol–water partition coefficient (Wildman–Crippen LogP) is 4.29. The molecule has 4 aliphatic rings. The molecular weight excluding hydrogens is 788 g/mol. The molecule has 0 radical (unpaired) electrons. The zero-order valence-corrected chi connectivity index (χ0v) is 35.8. The van der Waals surface area contributed by atoms with Crippen LogP contribution in [0.25, 0.3) is 0 Å². The van der Waals surface area contributed by atoms with Crippen molar-refractivity contribution in [3.63, 3.8) is 0 Å². The first-order valence-corrected chi connectivity index (χ1v) is 23.8. The first kappa shape index (κ1) is 46.6. The Kier molecular flexibility index (Phi) is 23.3. The number of carbonyl (C=O) groups is 2. The fourth-order valence-corrected chi connectivity index (χ4v) is 8.62. The summed E-state index contributed by atoms with van der Waals surface area (Å²) < 4.78 is 21.6. The summed E-state index contributed by atoms with van der Waals surface area (Å²) in [6, 6.07) is 1.26. The number of amides is 2. The molecule has 1 aromatic heterocycles. The Morgan fingerprint density at radius 1 is 0.618 bits per heavy atom. The number of ether oxygens (including phenoxy) is 4. The third-order valence-corrected chi connectivity index (χ3v) is 11.3. The predicted molar refractivity (Wildman–Crippen MR) is 214 cm³/mol. The molecule has 3 saturated carbocycles. The van der Waals surface area contributed by atoms with Gasteiger partial charge in [-0.15, -0.1) is 0 Å². The van der Waals surface area contributed by atoms with Gasteiger partial charge in [-0.25, -0.2) is 0 Å². The van der Waals surface area contributed by atoms with Gasteiger partial charge in [0.25, 0.3) is 11.8 Å². The van der Waals surface area contributed by atoms with E-state index in [4.69, 9.17) is 44.1 Å².